The summed E-state index contributed by atoms with van der Waals surface area (Å²) >= 11 is 0. The zero-order valence-electron chi connectivity index (χ0n) is 33.6. The molecule has 5 nitrogen and oxygen atoms in total. The molecule has 0 aliphatic heterocycles. The van der Waals surface area contributed by atoms with Gasteiger partial charge in [0, 0.05) is 49.6 Å². The van der Waals surface area contributed by atoms with Crippen LogP contribution >= 0.6 is 0 Å². The van der Waals surface area contributed by atoms with Crippen molar-refractivity contribution in [1.82, 2.24) is 24.1 Å². The maximum atomic E-state index is 5.18. The van der Waals surface area contributed by atoms with Gasteiger partial charge < -0.3 is 9.13 Å². The van der Waals surface area contributed by atoms with Crippen molar-refractivity contribution in [3.63, 3.8) is 0 Å². The zero-order valence-corrected chi connectivity index (χ0v) is 33.6. The third-order valence-electron chi connectivity index (χ3n) is 12.0. The van der Waals surface area contributed by atoms with Gasteiger partial charge in [-0.15, -0.1) is 0 Å². The predicted octanol–water partition coefficient (Wildman–Crippen LogP) is 14.4. The fourth-order valence-corrected chi connectivity index (χ4v) is 9.02. The molecule has 0 atom stereocenters. The highest BCUT2D eigenvalue weighted by Gasteiger charge is 2.20. The first-order chi connectivity index (χ1) is 30.7. The van der Waals surface area contributed by atoms with Gasteiger partial charge in [-0.05, 0) is 76.9 Å². The summed E-state index contributed by atoms with van der Waals surface area (Å²) < 4.78 is 4.79. The Kier molecular flexibility index (Phi) is 8.42. The normalized spacial score (nSPS) is 11.5. The van der Waals surface area contributed by atoms with Crippen LogP contribution in [0.25, 0.3) is 111 Å². The van der Waals surface area contributed by atoms with E-state index in [0.717, 1.165) is 55.7 Å². The van der Waals surface area contributed by atoms with E-state index in [9.17, 15) is 0 Å². The minimum absolute atomic E-state index is 0.614. The number of rotatable bonds is 7. The maximum Gasteiger partial charge on any atom is 0.164 e. The molecule has 62 heavy (non-hydrogen) atoms. The zero-order chi connectivity index (χ0) is 41.0. The van der Waals surface area contributed by atoms with Crippen LogP contribution in [-0.2, 0) is 0 Å². The second kappa shape index (κ2) is 14.7. The molecule has 3 aromatic heterocycles. The molecule has 0 unspecified atom stereocenters. The Morgan fingerprint density at radius 3 is 1.24 bits per heavy atom. The number of hydrogen-bond acceptors (Lipinski definition) is 3. The van der Waals surface area contributed by atoms with Crippen LogP contribution < -0.4 is 0 Å². The molecule has 5 heteroatoms. The molecule has 12 rings (SSSR count). The van der Waals surface area contributed by atoms with Crippen LogP contribution in [-0.4, -0.2) is 24.1 Å². The molecule has 0 saturated heterocycles. The average Bonchev–Trinajstić information content (AvgIpc) is 3.86. The second-order valence-electron chi connectivity index (χ2n) is 15.7. The highest BCUT2D eigenvalue weighted by Crippen LogP contribution is 2.40. The molecular weight excluding hydrogens is 755 g/mol. The Morgan fingerprint density at radius 2 is 0.645 bits per heavy atom. The van der Waals surface area contributed by atoms with E-state index in [-0.39, 0.29) is 0 Å². The molecule has 3 heterocycles. The van der Waals surface area contributed by atoms with E-state index < -0.39 is 0 Å². The molecule has 0 radical (unpaired) electrons. The molecule has 0 spiro atoms. The summed E-state index contributed by atoms with van der Waals surface area (Å²) in [6.07, 6.45) is 0. The lowest BCUT2D eigenvalue weighted by Gasteiger charge is -2.13. The number of fused-ring (bicyclic) bond motifs is 6. The number of aromatic nitrogens is 5. The molecule has 0 aliphatic rings. The van der Waals surface area contributed by atoms with E-state index >= 15 is 0 Å². The van der Waals surface area contributed by atoms with Crippen molar-refractivity contribution in [2.75, 3.05) is 0 Å². The first-order valence-electron chi connectivity index (χ1n) is 20.9. The summed E-state index contributed by atoms with van der Waals surface area (Å²) in [5.41, 5.74) is 14.2. The van der Waals surface area contributed by atoms with Crippen molar-refractivity contribution < 1.29 is 0 Å². The van der Waals surface area contributed by atoms with Gasteiger partial charge in [0.25, 0.3) is 0 Å². The van der Waals surface area contributed by atoms with Crippen LogP contribution in [0.1, 0.15) is 0 Å². The first-order valence-corrected chi connectivity index (χ1v) is 20.9. The minimum atomic E-state index is 0.614. The van der Waals surface area contributed by atoms with Gasteiger partial charge in [0.05, 0.1) is 22.1 Å². The highest BCUT2D eigenvalue weighted by molar-refractivity contribution is 6.19. The maximum absolute atomic E-state index is 5.18. The van der Waals surface area contributed by atoms with Gasteiger partial charge in [0.15, 0.2) is 17.5 Å². The molecule has 0 saturated carbocycles. The second-order valence-corrected chi connectivity index (χ2v) is 15.7. The lowest BCUT2D eigenvalue weighted by Crippen LogP contribution is -2.01. The topological polar surface area (TPSA) is 48.5 Å². The standard InChI is InChI=1S/C57H37N5/c1-4-16-38(17-5-1)40-30-32-45(33-31-40)61-51-28-12-10-26-47(51)49-36-50-48-27-11-13-29-52(48)62(54(50)37-53(49)61)46-25-15-24-44(35-46)57-59-55(41-20-8-3-9-21-41)58-56(60-57)43-23-14-22-42(34-43)39-18-6-2-7-19-39/h1-37H. The fraction of sp³-hybridized carbons (Fsp3) is 0. The Balaban J connectivity index is 1.04. The highest BCUT2D eigenvalue weighted by atomic mass is 15.0. The smallest absolute Gasteiger partial charge is 0.164 e. The molecular formula is C57H37N5. The van der Waals surface area contributed by atoms with Gasteiger partial charge >= 0.3 is 0 Å². The van der Waals surface area contributed by atoms with Crippen LogP contribution in [0.3, 0.4) is 0 Å². The van der Waals surface area contributed by atoms with Crippen LogP contribution in [0.5, 0.6) is 0 Å². The Labute approximate surface area is 358 Å². The van der Waals surface area contributed by atoms with Gasteiger partial charge in [-0.2, -0.15) is 0 Å². The molecule has 9 aromatic carbocycles. The third kappa shape index (κ3) is 6.06. The molecule has 0 bridgehead atoms. The van der Waals surface area contributed by atoms with Crippen molar-refractivity contribution in [3.8, 4) is 67.8 Å². The van der Waals surface area contributed by atoms with E-state index in [1.807, 2.05) is 24.3 Å². The molecule has 0 fully saturated rings. The minimum Gasteiger partial charge on any atom is -0.309 e. The number of hydrogen-bond donors (Lipinski definition) is 0. The SMILES string of the molecule is c1ccc(-c2ccc(-n3c4ccccc4c4cc5c6ccccc6n(-c6cccc(-c7nc(-c8ccccc8)nc(-c8cccc(-c9ccccc9)c8)n7)c6)c5cc43)cc2)cc1. The van der Waals surface area contributed by atoms with Gasteiger partial charge in [-0.25, -0.2) is 15.0 Å². The van der Waals surface area contributed by atoms with Gasteiger partial charge in [-0.3, -0.25) is 0 Å². The quantitative estimate of drug-likeness (QED) is 0.162. The molecule has 0 amide bonds. The van der Waals surface area contributed by atoms with E-state index in [2.05, 4.69) is 209 Å². The summed E-state index contributed by atoms with van der Waals surface area (Å²) in [6, 6.07) is 79.3. The number of benzene rings is 9. The number of nitrogens with zero attached hydrogens (tertiary/aromatic N) is 5. The lowest BCUT2D eigenvalue weighted by molar-refractivity contribution is 1.07. The van der Waals surface area contributed by atoms with Gasteiger partial charge in [-0.1, -0.05) is 170 Å². The fourth-order valence-electron chi connectivity index (χ4n) is 9.02. The average molecular weight is 792 g/mol. The Hall–Kier alpha value is -8.41. The molecule has 290 valence electrons. The summed E-state index contributed by atoms with van der Waals surface area (Å²) in [7, 11) is 0. The summed E-state index contributed by atoms with van der Waals surface area (Å²) in [5.74, 6) is 1.87. The van der Waals surface area contributed by atoms with Crippen molar-refractivity contribution in [2.45, 2.75) is 0 Å². The molecule has 0 aliphatic carbocycles. The van der Waals surface area contributed by atoms with Crippen LogP contribution in [0.2, 0.25) is 0 Å². The molecule has 12 aromatic rings. The summed E-state index contributed by atoms with van der Waals surface area (Å²) in [6.45, 7) is 0. The van der Waals surface area contributed by atoms with E-state index in [1.165, 1.54) is 38.2 Å². The van der Waals surface area contributed by atoms with Crippen molar-refractivity contribution in [2.24, 2.45) is 0 Å². The first kappa shape index (κ1) is 35.5. The summed E-state index contributed by atoms with van der Waals surface area (Å²) in [5, 5.41) is 4.85. The van der Waals surface area contributed by atoms with Crippen LogP contribution in [0, 0.1) is 0 Å². The van der Waals surface area contributed by atoms with Gasteiger partial charge in [0.2, 0.25) is 0 Å². The largest absolute Gasteiger partial charge is 0.309 e. The predicted molar refractivity (Wildman–Crippen MR) is 256 cm³/mol. The third-order valence-corrected chi connectivity index (χ3v) is 12.0. The van der Waals surface area contributed by atoms with Crippen LogP contribution in [0.4, 0.5) is 0 Å². The van der Waals surface area contributed by atoms with E-state index in [4.69, 9.17) is 15.0 Å². The lowest BCUT2D eigenvalue weighted by atomic mass is 10.0. The number of para-hydroxylation sites is 2. The van der Waals surface area contributed by atoms with Crippen molar-refractivity contribution in [3.05, 3.63) is 224 Å². The monoisotopic (exact) mass is 791 g/mol. The van der Waals surface area contributed by atoms with Gasteiger partial charge in [0.1, 0.15) is 0 Å². The van der Waals surface area contributed by atoms with Crippen LogP contribution in [0.15, 0.2) is 224 Å². The Morgan fingerprint density at radius 1 is 0.226 bits per heavy atom. The Bertz CT molecular complexity index is 3610. The molecule has 0 N–H and O–H groups in total. The van der Waals surface area contributed by atoms with Crippen molar-refractivity contribution in [1.29, 1.82) is 0 Å². The van der Waals surface area contributed by atoms with E-state index in [0.29, 0.717) is 17.5 Å². The summed E-state index contributed by atoms with van der Waals surface area (Å²) in [4.78, 5) is 15.4. The van der Waals surface area contributed by atoms with E-state index in [1.54, 1.807) is 0 Å². The van der Waals surface area contributed by atoms with Crippen molar-refractivity contribution >= 4 is 43.6 Å².